The van der Waals surface area contributed by atoms with Gasteiger partial charge in [0.2, 0.25) is 0 Å². The fourth-order valence-corrected chi connectivity index (χ4v) is 5.01. The van der Waals surface area contributed by atoms with E-state index in [1.807, 2.05) is 29.2 Å². The van der Waals surface area contributed by atoms with Gasteiger partial charge in [0.1, 0.15) is 12.4 Å². The highest BCUT2D eigenvalue weighted by Crippen LogP contribution is 2.44. The summed E-state index contributed by atoms with van der Waals surface area (Å²) in [5.74, 6) is 0.809. The van der Waals surface area contributed by atoms with Gasteiger partial charge in [0.15, 0.2) is 0 Å². The standard InChI is InChI=1S/C22H24N2O2/c25-21(24-14-15-26-20-10-4-3-9-19(20)24)23-13-12-22(16-23)11-5-7-17-6-1-2-8-18(17)22/h1-4,6,8-10H,5,7,11-16H2. The number of anilines is 1. The second-order valence-electron chi connectivity index (χ2n) is 7.71. The Balaban J connectivity index is 1.42. The van der Waals surface area contributed by atoms with Crippen molar-refractivity contribution in [1.82, 2.24) is 4.90 Å². The van der Waals surface area contributed by atoms with Crippen molar-refractivity contribution < 1.29 is 9.53 Å². The Morgan fingerprint density at radius 2 is 1.85 bits per heavy atom. The maximum absolute atomic E-state index is 13.3. The minimum Gasteiger partial charge on any atom is -0.490 e. The number of carbonyl (C=O) groups is 1. The Kier molecular flexibility index (Phi) is 3.66. The molecule has 0 aromatic heterocycles. The smallest absolute Gasteiger partial charge is 0.324 e. The van der Waals surface area contributed by atoms with Gasteiger partial charge in [-0.25, -0.2) is 4.79 Å². The molecule has 2 aromatic rings. The minimum absolute atomic E-state index is 0.126. The van der Waals surface area contributed by atoms with Crippen molar-refractivity contribution in [1.29, 1.82) is 0 Å². The maximum atomic E-state index is 13.3. The first-order valence-electron chi connectivity index (χ1n) is 9.64. The van der Waals surface area contributed by atoms with Gasteiger partial charge in [-0.05, 0) is 48.9 Å². The number of hydrogen-bond acceptors (Lipinski definition) is 2. The molecule has 134 valence electrons. The summed E-state index contributed by atoms with van der Waals surface area (Å²) in [5.41, 5.74) is 4.00. The molecule has 1 unspecified atom stereocenters. The highest BCUT2D eigenvalue weighted by molar-refractivity contribution is 5.94. The molecule has 1 spiro atoms. The number of rotatable bonds is 0. The van der Waals surface area contributed by atoms with Crippen LogP contribution in [0.3, 0.4) is 0 Å². The van der Waals surface area contributed by atoms with Crippen molar-refractivity contribution in [3.63, 3.8) is 0 Å². The van der Waals surface area contributed by atoms with E-state index in [4.69, 9.17) is 4.74 Å². The first kappa shape index (κ1) is 15.7. The van der Waals surface area contributed by atoms with E-state index in [0.29, 0.717) is 13.2 Å². The van der Waals surface area contributed by atoms with Crippen LogP contribution in [0.4, 0.5) is 10.5 Å². The third-order valence-electron chi connectivity index (χ3n) is 6.27. The van der Waals surface area contributed by atoms with Crippen LogP contribution < -0.4 is 9.64 Å². The van der Waals surface area contributed by atoms with Crippen molar-refractivity contribution in [3.05, 3.63) is 59.7 Å². The molecule has 5 rings (SSSR count). The van der Waals surface area contributed by atoms with E-state index in [9.17, 15) is 4.79 Å². The number of hydrogen-bond donors (Lipinski definition) is 0. The first-order chi connectivity index (χ1) is 12.8. The molecule has 1 atom stereocenters. The summed E-state index contributed by atoms with van der Waals surface area (Å²) in [6, 6.07) is 16.8. The lowest BCUT2D eigenvalue weighted by Gasteiger charge is -2.37. The number of urea groups is 1. The molecule has 4 heteroatoms. The summed E-state index contributed by atoms with van der Waals surface area (Å²) in [5, 5.41) is 0. The molecule has 2 heterocycles. The first-order valence-corrected chi connectivity index (χ1v) is 9.64. The lowest BCUT2D eigenvalue weighted by atomic mass is 9.69. The second-order valence-corrected chi connectivity index (χ2v) is 7.71. The number of nitrogens with zero attached hydrogens (tertiary/aromatic N) is 2. The summed E-state index contributed by atoms with van der Waals surface area (Å²) >= 11 is 0. The topological polar surface area (TPSA) is 32.8 Å². The van der Waals surface area contributed by atoms with E-state index in [2.05, 4.69) is 29.2 Å². The van der Waals surface area contributed by atoms with E-state index < -0.39 is 0 Å². The molecule has 2 amide bonds. The Morgan fingerprint density at radius 1 is 1.00 bits per heavy atom. The fraction of sp³-hybridized carbons (Fsp3) is 0.409. The van der Waals surface area contributed by atoms with Crippen molar-refractivity contribution >= 4 is 11.7 Å². The Bertz CT molecular complexity index is 850. The van der Waals surface area contributed by atoms with Crippen LogP contribution in [-0.4, -0.2) is 37.2 Å². The van der Waals surface area contributed by atoms with Crippen molar-refractivity contribution in [2.45, 2.75) is 31.1 Å². The summed E-state index contributed by atoms with van der Waals surface area (Å²) in [4.78, 5) is 17.3. The molecule has 0 saturated carbocycles. The van der Waals surface area contributed by atoms with Gasteiger partial charge in [-0.3, -0.25) is 4.90 Å². The van der Waals surface area contributed by atoms with E-state index in [0.717, 1.165) is 30.9 Å². The predicted molar refractivity (Wildman–Crippen MR) is 102 cm³/mol. The SMILES string of the molecule is O=C(N1CCC2(CCCc3ccccc32)C1)N1CCOc2ccccc21. The summed E-state index contributed by atoms with van der Waals surface area (Å²) in [6.45, 7) is 2.86. The highest BCUT2D eigenvalue weighted by atomic mass is 16.5. The normalized spacial score (nSPS) is 24.2. The minimum atomic E-state index is 0.126. The fourth-order valence-electron chi connectivity index (χ4n) is 5.01. The number of amides is 2. The van der Waals surface area contributed by atoms with E-state index in [1.54, 1.807) is 0 Å². The second kappa shape index (κ2) is 6.04. The lowest BCUT2D eigenvalue weighted by molar-refractivity contribution is 0.206. The van der Waals surface area contributed by atoms with Crippen LogP contribution in [-0.2, 0) is 11.8 Å². The van der Waals surface area contributed by atoms with Gasteiger partial charge in [0, 0.05) is 18.5 Å². The van der Waals surface area contributed by atoms with E-state index in [1.165, 1.54) is 30.4 Å². The molecule has 1 aliphatic carbocycles. The monoisotopic (exact) mass is 348 g/mol. The summed E-state index contributed by atoms with van der Waals surface area (Å²) < 4.78 is 5.71. The summed E-state index contributed by atoms with van der Waals surface area (Å²) in [7, 11) is 0. The Hall–Kier alpha value is -2.49. The molecule has 1 fully saturated rings. The zero-order valence-electron chi connectivity index (χ0n) is 15.0. The van der Waals surface area contributed by atoms with Crippen LogP contribution >= 0.6 is 0 Å². The maximum Gasteiger partial charge on any atom is 0.324 e. The third-order valence-corrected chi connectivity index (χ3v) is 6.27. The van der Waals surface area contributed by atoms with Gasteiger partial charge in [0.05, 0.1) is 12.2 Å². The number of para-hydroxylation sites is 2. The van der Waals surface area contributed by atoms with Gasteiger partial charge in [0.25, 0.3) is 0 Å². The molecular formula is C22H24N2O2. The molecule has 2 aromatic carbocycles. The molecule has 2 aliphatic heterocycles. The average molecular weight is 348 g/mol. The van der Waals surface area contributed by atoms with Crippen LogP contribution in [0.2, 0.25) is 0 Å². The van der Waals surface area contributed by atoms with Crippen molar-refractivity contribution in [2.24, 2.45) is 0 Å². The Morgan fingerprint density at radius 3 is 2.81 bits per heavy atom. The van der Waals surface area contributed by atoms with Gasteiger partial charge in [-0.2, -0.15) is 0 Å². The lowest BCUT2D eigenvalue weighted by Crippen LogP contribution is -2.47. The number of fused-ring (bicyclic) bond motifs is 3. The molecule has 0 radical (unpaired) electrons. The van der Waals surface area contributed by atoms with E-state index in [-0.39, 0.29) is 11.4 Å². The zero-order valence-corrected chi connectivity index (χ0v) is 15.0. The number of benzene rings is 2. The van der Waals surface area contributed by atoms with Crippen LogP contribution in [0.25, 0.3) is 0 Å². The van der Waals surface area contributed by atoms with Crippen molar-refractivity contribution in [3.8, 4) is 5.75 Å². The number of ether oxygens (including phenoxy) is 1. The van der Waals surface area contributed by atoms with Crippen LogP contribution in [0.15, 0.2) is 48.5 Å². The predicted octanol–water partition coefficient (Wildman–Crippen LogP) is 3.99. The zero-order chi connectivity index (χ0) is 17.6. The third kappa shape index (κ3) is 2.39. The molecule has 4 nitrogen and oxygen atoms in total. The quantitative estimate of drug-likeness (QED) is 0.721. The molecule has 0 N–H and O–H groups in total. The molecule has 26 heavy (non-hydrogen) atoms. The number of carbonyl (C=O) groups excluding carboxylic acids is 1. The average Bonchev–Trinajstić information content (AvgIpc) is 3.12. The summed E-state index contributed by atoms with van der Waals surface area (Å²) in [6.07, 6.45) is 4.65. The molecule has 3 aliphatic rings. The van der Waals surface area contributed by atoms with Crippen molar-refractivity contribution in [2.75, 3.05) is 31.1 Å². The van der Waals surface area contributed by atoms with Crippen LogP contribution in [0.5, 0.6) is 5.75 Å². The van der Waals surface area contributed by atoms with Crippen LogP contribution in [0, 0.1) is 0 Å². The molecule has 1 saturated heterocycles. The van der Waals surface area contributed by atoms with Crippen LogP contribution in [0.1, 0.15) is 30.4 Å². The molecule has 0 bridgehead atoms. The van der Waals surface area contributed by atoms with Gasteiger partial charge < -0.3 is 9.64 Å². The largest absolute Gasteiger partial charge is 0.490 e. The van der Waals surface area contributed by atoms with Gasteiger partial charge in [-0.15, -0.1) is 0 Å². The number of likely N-dealkylation sites (tertiary alicyclic amines) is 1. The van der Waals surface area contributed by atoms with E-state index >= 15 is 0 Å². The Labute approximate surface area is 154 Å². The van der Waals surface area contributed by atoms with Gasteiger partial charge in [-0.1, -0.05) is 36.4 Å². The molecular weight excluding hydrogens is 324 g/mol. The highest BCUT2D eigenvalue weighted by Gasteiger charge is 2.44. The van der Waals surface area contributed by atoms with Gasteiger partial charge >= 0.3 is 6.03 Å². The number of aryl methyl sites for hydroxylation is 1.